The molecule has 16 heavy (non-hydrogen) atoms. The fourth-order valence-corrected chi connectivity index (χ4v) is 2.11. The Morgan fingerprint density at radius 1 is 1.12 bits per heavy atom. The summed E-state index contributed by atoms with van der Waals surface area (Å²) in [6.45, 7) is 7.39. The van der Waals surface area contributed by atoms with Gasteiger partial charge in [0.2, 0.25) is 0 Å². The number of hydrogen-bond donors (Lipinski definition) is 0. The van der Waals surface area contributed by atoms with Gasteiger partial charge in [0.15, 0.2) is 0 Å². The van der Waals surface area contributed by atoms with E-state index in [0.717, 1.165) is 18.9 Å². The smallest absolute Gasteiger partial charge is 0.202 e. The minimum atomic E-state index is -2.74. The topological polar surface area (TPSA) is 0 Å². The predicted octanol–water partition coefficient (Wildman–Crippen LogP) is 4.95. The predicted molar refractivity (Wildman–Crippen MR) is 63.9 cm³/mol. The molecule has 0 heterocycles. The average Bonchev–Trinajstić information content (AvgIpc) is 2.17. The second kappa shape index (κ2) is 4.94. The van der Waals surface area contributed by atoms with Crippen LogP contribution in [-0.2, 0) is 5.92 Å². The summed E-state index contributed by atoms with van der Waals surface area (Å²) in [5, 5.41) is 0. The Kier molecular flexibility index (Phi) is 4.06. The molecule has 1 aromatic carbocycles. The summed E-state index contributed by atoms with van der Waals surface area (Å²) in [6.07, 6.45) is 1.04. The van der Waals surface area contributed by atoms with E-state index in [4.69, 9.17) is 0 Å². The molecule has 0 nitrogen and oxygen atoms in total. The molecule has 90 valence electrons. The number of hydrogen-bond acceptors (Lipinski definition) is 0. The first-order chi connectivity index (χ1) is 7.36. The van der Waals surface area contributed by atoms with Crippen LogP contribution in [0.2, 0.25) is 0 Å². The van der Waals surface area contributed by atoms with Crippen molar-refractivity contribution in [2.45, 2.75) is 46.0 Å². The number of benzene rings is 1. The summed E-state index contributed by atoms with van der Waals surface area (Å²) >= 11 is 0. The molecule has 0 saturated heterocycles. The first kappa shape index (κ1) is 13.1. The van der Waals surface area contributed by atoms with Crippen molar-refractivity contribution in [2.75, 3.05) is 0 Å². The number of rotatable bonds is 4. The van der Waals surface area contributed by atoms with Crippen molar-refractivity contribution in [2.24, 2.45) is 5.92 Å². The zero-order chi connectivity index (χ0) is 12.3. The lowest BCUT2D eigenvalue weighted by molar-refractivity contribution is 0.0174. The van der Waals surface area contributed by atoms with Crippen molar-refractivity contribution in [1.29, 1.82) is 0 Å². The van der Waals surface area contributed by atoms with E-state index < -0.39 is 5.92 Å². The van der Waals surface area contributed by atoms with E-state index in [1.165, 1.54) is 0 Å². The highest BCUT2D eigenvalue weighted by molar-refractivity contribution is 5.28. The molecule has 0 fully saturated rings. The van der Waals surface area contributed by atoms with Gasteiger partial charge in [0.1, 0.15) is 0 Å². The maximum Gasteiger partial charge on any atom is 0.270 e. The fraction of sp³-hybridized carbons (Fsp3) is 0.571. The summed E-state index contributed by atoms with van der Waals surface area (Å²) in [4.78, 5) is 0. The molecule has 0 spiro atoms. The lowest BCUT2D eigenvalue weighted by atomic mass is 9.86. The van der Waals surface area contributed by atoms with E-state index in [-0.39, 0.29) is 5.56 Å². The Morgan fingerprint density at radius 2 is 1.62 bits per heavy atom. The lowest BCUT2D eigenvalue weighted by Gasteiger charge is -2.20. The van der Waals surface area contributed by atoms with Crippen LogP contribution in [0.1, 0.15) is 51.2 Å². The lowest BCUT2D eigenvalue weighted by Crippen LogP contribution is -2.09. The Bertz CT molecular complexity index is 320. The van der Waals surface area contributed by atoms with Crippen LogP contribution >= 0.6 is 0 Å². The standard InChI is InChI=1S/C14H20F2/c1-5-13(10(2)3)11-6-8-12(9-7-11)14(4,15)16/h6-10,13H,5H2,1-4H3/t13-/m0/s1. The normalized spacial score (nSPS) is 14.2. The van der Waals surface area contributed by atoms with E-state index in [0.29, 0.717) is 11.8 Å². The molecule has 1 aromatic rings. The van der Waals surface area contributed by atoms with E-state index >= 15 is 0 Å². The van der Waals surface area contributed by atoms with Gasteiger partial charge in [0, 0.05) is 12.5 Å². The van der Waals surface area contributed by atoms with E-state index in [1.807, 2.05) is 12.1 Å². The summed E-state index contributed by atoms with van der Waals surface area (Å²) in [5.74, 6) is -1.74. The van der Waals surface area contributed by atoms with Crippen LogP contribution in [0, 0.1) is 5.92 Å². The maximum atomic E-state index is 13.0. The van der Waals surface area contributed by atoms with E-state index in [2.05, 4.69) is 20.8 Å². The molecule has 1 rings (SSSR count). The third-order valence-electron chi connectivity index (χ3n) is 3.09. The van der Waals surface area contributed by atoms with Crippen molar-refractivity contribution in [1.82, 2.24) is 0 Å². The zero-order valence-electron chi connectivity index (χ0n) is 10.4. The van der Waals surface area contributed by atoms with Crippen molar-refractivity contribution in [3.63, 3.8) is 0 Å². The molecule has 0 unspecified atom stereocenters. The fourth-order valence-electron chi connectivity index (χ4n) is 2.11. The molecule has 0 aliphatic rings. The Labute approximate surface area is 96.7 Å². The highest BCUT2D eigenvalue weighted by atomic mass is 19.3. The van der Waals surface area contributed by atoms with Crippen LogP contribution in [0.25, 0.3) is 0 Å². The van der Waals surface area contributed by atoms with Crippen LogP contribution in [-0.4, -0.2) is 0 Å². The monoisotopic (exact) mass is 226 g/mol. The minimum absolute atomic E-state index is 0.0925. The quantitative estimate of drug-likeness (QED) is 0.681. The summed E-state index contributed by atoms with van der Waals surface area (Å²) in [6, 6.07) is 6.75. The van der Waals surface area contributed by atoms with Gasteiger partial charge in [-0.15, -0.1) is 0 Å². The van der Waals surface area contributed by atoms with Gasteiger partial charge in [-0.25, -0.2) is 8.78 Å². The zero-order valence-corrected chi connectivity index (χ0v) is 10.4. The van der Waals surface area contributed by atoms with Crippen LogP contribution < -0.4 is 0 Å². The molecule has 0 aliphatic carbocycles. The Morgan fingerprint density at radius 3 is 1.94 bits per heavy atom. The molecular weight excluding hydrogens is 206 g/mol. The Hall–Kier alpha value is -0.920. The van der Waals surface area contributed by atoms with Crippen LogP contribution in [0.3, 0.4) is 0 Å². The second-order valence-corrected chi connectivity index (χ2v) is 4.77. The maximum absolute atomic E-state index is 13.0. The third kappa shape index (κ3) is 3.03. The molecular formula is C14H20F2. The van der Waals surface area contributed by atoms with E-state index in [9.17, 15) is 8.78 Å². The van der Waals surface area contributed by atoms with Gasteiger partial charge in [0.05, 0.1) is 0 Å². The van der Waals surface area contributed by atoms with Crippen molar-refractivity contribution < 1.29 is 8.78 Å². The molecule has 0 aromatic heterocycles. The van der Waals surface area contributed by atoms with E-state index in [1.54, 1.807) is 12.1 Å². The molecule has 1 atom stereocenters. The van der Waals surface area contributed by atoms with Gasteiger partial charge in [-0.2, -0.15) is 0 Å². The van der Waals surface area contributed by atoms with Crippen LogP contribution in [0.4, 0.5) is 8.78 Å². The first-order valence-electron chi connectivity index (χ1n) is 5.84. The molecule has 2 heteroatoms. The average molecular weight is 226 g/mol. The molecule has 0 aliphatic heterocycles. The summed E-state index contributed by atoms with van der Waals surface area (Å²) in [5.41, 5.74) is 1.25. The van der Waals surface area contributed by atoms with Crippen LogP contribution in [0.5, 0.6) is 0 Å². The van der Waals surface area contributed by atoms with Gasteiger partial charge in [-0.3, -0.25) is 0 Å². The molecule has 0 N–H and O–H groups in total. The Balaban J connectivity index is 2.94. The van der Waals surface area contributed by atoms with Gasteiger partial charge in [-0.1, -0.05) is 45.0 Å². The number of alkyl halides is 2. The van der Waals surface area contributed by atoms with Crippen molar-refractivity contribution in [3.8, 4) is 0 Å². The van der Waals surface area contributed by atoms with Crippen molar-refractivity contribution in [3.05, 3.63) is 35.4 Å². The first-order valence-corrected chi connectivity index (χ1v) is 5.84. The van der Waals surface area contributed by atoms with Gasteiger partial charge < -0.3 is 0 Å². The van der Waals surface area contributed by atoms with Gasteiger partial charge in [-0.05, 0) is 23.8 Å². The van der Waals surface area contributed by atoms with Crippen LogP contribution in [0.15, 0.2) is 24.3 Å². The molecule has 0 radical (unpaired) electrons. The van der Waals surface area contributed by atoms with Crippen molar-refractivity contribution >= 4 is 0 Å². The summed E-state index contributed by atoms with van der Waals surface area (Å²) < 4.78 is 26.1. The third-order valence-corrected chi connectivity index (χ3v) is 3.09. The SMILES string of the molecule is CC[C@H](c1ccc(C(C)(F)F)cc1)C(C)C. The molecule has 0 bridgehead atoms. The van der Waals surface area contributed by atoms with Gasteiger partial charge in [0.25, 0.3) is 5.92 Å². The highest BCUT2D eigenvalue weighted by Crippen LogP contribution is 2.31. The summed E-state index contributed by atoms with van der Waals surface area (Å²) in [7, 11) is 0. The largest absolute Gasteiger partial charge is 0.270 e. The highest BCUT2D eigenvalue weighted by Gasteiger charge is 2.24. The molecule has 0 saturated carbocycles. The van der Waals surface area contributed by atoms with Gasteiger partial charge >= 0.3 is 0 Å². The second-order valence-electron chi connectivity index (χ2n) is 4.77. The number of halogens is 2. The molecule has 0 amide bonds. The minimum Gasteiger partial charge on any atom is -0.202 e.